The number of hydrogen-bond donors (Lipinski definition) is 2. The first-order chi connectivity index (χ1) is 19.4. The highest BCUT2D eigenvalue weighted by atomic mass is 16.6. The number of aromatic amines is 1. The summed E-state index contributed by atoms with van der Waals surface area (Å²) < 4.78 is 5.06. The van der Waals surface area contributed by atoms with E-state index in [-0.39, 0.29) is 23.5 Å². The van der Waals surface area contributed by atoms with Crippen molar-refractivity contribution >= 4 is 23.4 Å². The monoisotopic (exact) mass is 543 g/mol. The van der Waals surface area contributed by atoms with Gasteiger partial charge in [-0.1, -0.05) is 61.9 Å². The molecule has 0 fully saturated rings. The van der Waals surface area contributed by atoms with E-state index in [0.29, 0.717) is 18.9 Å². The number of carbonyl (C=O) groups excluding carboxylic acids is 2. The van der Waals surface area contributed by atoms with Crippen LogP contribution in [0.5, 0.6) is 0 Å². The Balaban J connectivity index is 1.56. The van der Waals surface area contributed by atoms with E-state index in [9.17, 15) is 19.7 Å². The summed E-state index contributed by atoms with van der Waals surface area (Å²) in [5.41, 5.74) is 3.47. The molecule has 0 aliphatic heterocycles. The number of nitrogens with zero attached hydrogens (tertiary/aromatic N) is 5. The van der Waals surface area contributed by atoms with Gasteiger partial charge >= 0.3 is 12.0 Å². The Bertz CT molecular complexity index is 1470. The topological polar surface area (TPSA) is 156 Å². The fourth-order valence-electron chi connectivity index (χ4n) is 4.16. The van der Waals surface area contributed by atoms with E-state index in [4.69, 9.17) is 4.74 Å². The number of anilines is 1. The van der Waals surface area contributed by atoms with E-state index in [1.165, 1.54) is 18.2 Å². The summed E-state index contributed by atoms with van der Waals surface area (Å²) in [6.45, 7) is 4.55. The summed E-state index contributed by atoms with van der Waals surface area (Å²) in [4.78, 5) is 38.2. The van der Waals surface area contributed by atoms with Crippen LogP contribution < -0.4 is 5.32 Å². The van der Waals surface area contributed by atoms with Gasteiger partial charge in [-0.15, -0.1) is 5.10 Å². The quantitative estimate of drug-likeness (QED) is 0.144. The molecule has 0 radical (unpaired) electrons. The first-order valence-corrected chi connectivity index (χ1v) is 12.8. The van der Waals surface area contributed by atoms with E-state index in [2.05, 4.69) is 25.9 Å². The van der Waals surface area contributed by atoms with Crippen molar-refractivity contribution in [1.29, 1.82) is 0 Å². The lowest BCUT2D eigenvalue weighted by molar-refractivity contribution is -0.384. The van der Waals surface area contributed by atoms with Crippen LogP contribution in [0, 0.1) is 10.1 Å². The number of nitro benzene ring substituents is 1. The summed E-state index contributed by atoms with van der Waals surface area (Å²) in [7, 11) is 0. The van der Waals surface area contributed by atoms with E-state index in [1.807, 2.05) is 55.5 Å². The standard InChI is InChI=1S/C28H29N7O5/c1-3-5-16-34(28(37)29-25-17-21(35(38)39)14-15-24(25)27(36)40-4-2)18-19-10-12-20(13-11-19)22-8-6-7-9-23(22)26-30-32-33-31-26/h6-15,17H,3-5,16,18H2,1-2H3,(H,29,37)(H,30,31,32,33). The van der Waals surface area contributed by atoms with Crippen LogP contribution in [0.4, 0.5) is 16.2 Å². The number of H-pyrrole nitrogens is 1. The van der Waals surface area contributed by atoms with Crippen molar-refractivity contribution in [3.05, 3.63) is 88.0 Å². The Morgan fingerprint density at radius 3 is 2.45 bits per heavy atom. The molecule has 1 aromatic heterocycles. The number of tetrazole rings is 1. The second-order valence-electron chi connectivity index (χ2n) is 8.91. The van der Waals surface area contributed by atoms with Gasteiger partial charge in [0.15, 0.2) is 5.82 Å². The van der Waals surface area contributed by atoms with Gasteiger partial charge in [0.25, 0.3) is 5.69 Å². The molecule has 4 aromatic rings. The Morgan fingerprint density at radius 2 is 1.80 bits per heavy atom. The van der Waals surface area contributed by atoms with Gasteiger partial charge in [0, 0.05) is 30.8 Å². The maximum absolute atomic E-state index is 13.4. The zero-order chi connectivity index (χ0) is 28.5. The highest BCUT2D eigenvalue weighted by Crippen LogP contribution is 2.30. The Morgan fingerprint density at radius 1 is 1.05 bits per heavy atom. The number of non-ortho nitro benzene ring substituents is 1. The number of carbonyl (C=O) groups is 2. The normalized spacial score (nSPS) is 10.7. The Labute approximate surface area is 230 Å². The number of nitrogens with one attached hydrogen (secondary N) is 2. The molecule has 4 rings (SSSR count). The number of unbranched alkanes of at least 4 members (excludes halogenated alkanes) is 1. The first kappa shape index (κ1) is 27.9. The average Bonchev–Trinajstić information content (AvgIpc) is 3.50. The van der Waals surface area contributed by atoms with E-state index in [0.717, 1.165) is 35.1 Å². The van der Waals surface area contributed by atoms with Crippen molar-refractivity contribution in [3.63, 3.8) is 0 Å². The third-order valence-corrected chi connectivity index (χ3v) is 6.19. The molecule has 2 amide bonds. The molecule has 0 spiro atoms. The van der Waals surface area contributed by atoms with Gasteiger partial charge in [-0.3, -0.25) is 10.1 Å². The van der Waals surface area contributed by atoms with E-state index < -0.39 is 16.9 Å². The van der Waals surface area contributed by atoms with Gasteiger partial charge in [-0.2, -0.15) is 0 Å². The predicted octanol–water partition coefficient (Wildman–Crippen LogP) is 5.45. The zero-order valence-corrected chi connectivity index (χ0v) is 22.2. The van der Waals surface area contributed by atoms with Crippen molar-refractivity contribution in [2.45, 2.75) is 33.2 Å². The third kappa shape index (κ3) is 6.65. The number of urea groups is 1. The maximum atomic E-state index is 13.4. The minimum Gasteiger partial charge on any atom is -0.462 e. The van der Waals surface area contributed by atoms with Crippen molar-refractivity contribution in [1.82, 2.24) is 25.5 Å². The largest absolute Gasteiger partial charge is 0.462 e. The van der Waals surface area contributed by atoms with Crippen molar-refractivity contribution < 1.29 is 19.2 Å². The lowest BCUT2D eigenvalue weighted by atomic mass is 9.98. The van der Waals surface area contributed by atoms with Crippen molar-refractivity contribution in [2.75, 3.05) is 18.5 Å². The first-order valence-electron chi connectivity index (χ1n) is 12.8. The molecule has 40 heavy (non-hydrogen) atoms. The van der Waals surface area contributed by atoms with Crippen LogP contribution in [0.25, 0.3) is 22.5 Å². The fourth-order valence-corrected chi connectivity index (χ4v) is 4.16. The van der Waals surface area contributed by atoms with Crippen LogP contribution in [0.15, 0.2) is 66.7 Å². The molecular formula is C28H29N7O5. The van der Waals surface area contributed by atoms with E-state index >= 15 is 0 Å². The summed E-state index contributed by atoms with van der Waals surface area (Å²) in [6.07, 6.45) is 1.62. The van der Waals surface area contributed by atoms with Crippen molar-refractivity contribution in [3.8, 4) is 22.5 Å². The van der Waals surface area contributed by atoms with Gasteiger partial charge < -0.3 is 15.0 Å². The summed E-state index contributed by atoms with van der Waals surface area (Å²) in [6, 6.07) is 18.7. The fraction of sp³-hybridized carbons (Fsp3) is 0.250. The van der Waals surface area contributed by atoms with Gasteiger partial charge in [-0.05, 0) is 46.5 Å². The molecule has 3 aromatic carbocycles. The number of hydrogen-bond acceptors (Lipinski definition) is 8. The molecular weight excluding hydrogens is 514 g/mol. The van der Waals surface area contributed by atoms with E-state index in [1.54, 1.807) is 11.8 Å². The predicted molar refractivity (Wildman–Crippen MR) is 148 cm³/mol. The van der Waals surface area contributed by atoms with Crippen LogP contribution in [-0.4, -0.2) is 55.6 Å². The molecule has 0 aliphatic rings. The van der Waals surface area contributed by atoms with Crippen LogP contribution >= 0.6 is 0 Å². The van der Waals surface area contributed by atoms with Gasteiger partial charge in [-0.25, -0.2) is 14.7 Å². The molecule has 0 aliphatic carbocycles. The second kappa shape index (κ2) is 13.1. The number of nitro groups is 1. The number of ether oxygens (including phenoxy) is 1. The smallest absolute Gasteiger partial charge is 0.340 e. The van der Waals surface area contributed by atoms with Crippen LogP contribution in [0.2, 0.25) is 0 Å². The highest BCUT2D eigenvalue weighted by Gasteiger charge is 2.21. The molecule has 12 heteroatoms. The molecule has 206 valence electrons. The van der Waals surface area contributed by atoms with Gasteiger partial charge in [0.05, 0.1) is 22.8 Å². The molecule has 0 unspecified atom stereocenters. The Kier molecular flexibility index (Phi) is 9.13. The minimum atomic E-state index is -0.676. The number of aromatic nitrogens is 4. The molecule has 0 atom stereocenters. The summed E-state index contributed by atoms with van der Waals surface area (Å²) >= 11 is 0. The van der Waals surface area contributed by atoms with Gasteiger partial charge in [0.1, 0.15) is 0 Å². The van der Waals surface area contributed by atoms with Crippen LogP contribution in [0.1, 0.15) is 42.6 Å². The molecule has 0 saturated heterocycles. The number of esters is 1. The number of benzene rings is 3. The van der Waals surface area contributed by atoms with Crippen LogP contribution in [0.3, 0.4) is 0 Å². The minimum absolute atomic E-state index is 0.0213. The molecule has 0 saturated carbocycles. The summed E-state index contributed by atoms with van der Waals surface area (Å²) in [5.74, 6) is -0.116. The molecule has 0 bridgehead atoms. The molecule has 1 heterocycles. The lowest BCUT2D eigenvalue weighted by Crippen LogP contribution is -2.35. The maximum Gasteiger partial charge on any atom is 0.340 e. The third-order valence-electron chi connectivity index (χ3n) is 6.19. The zero-order valence-electron chi connectivity index (χ0n) is 22.2. The molecule has 2 N–H and O–H groups in total. The van der Waals surface area contributed by atoms with Gasteiger partial charge in [0.2, 0.25) is 0 Å². The van der Waals surface area contributed by atoms with Crippen LogP contribution in [-0.2, 0) is 11.3 Å². The summed E-state index contributed by atoms with van der Waals surface area (Å²) in [5, 5.41) is 28.2. The lowest BCUT2D eigenvalue weighted by Gasteiger charge is -2.24. The number of rotatable bonds is 11. The Hall–Kier alpha value is -5.13. The SMILES string of the molecule is CCCCN(Cc1ccc(-c2ccccc2-c2nnn[nH]2)cc1)C(=O)Nc1cc([N+](=O)[O-])ccc1C(=O)OCC. The number of amides is 2. The van der Waals surface area contributed by atoms with Crippen molar-refractivity contribution in [2.24, 2.45) is 0 Å². The second-order valence-corrected chi connectivity index (χ2v) is 8.91. The molecule has 12 nitrogen and oxygen atoms in total. The highest BCUT2D eigenvalue weighted by molar-refractivity contribution is 6.01. The average molecular weight is 544 g/mol.